The number of halogens is 1. The van der Waals surface area contributed by atoms with Crippen LogP contribution in [0.25, 0.3) is 0 Å². The Labute approximate surface area is 198 Å². The van der Waals surface area contributed by atoms with Gasteiger partial charge in [-0.05, 0) is 42.2 Å². The number of esters is 1. The average Bonchev–Trinajstić information content (AvgIpc) is 2.80. The fourth-order valence-corrected chi connectivity index (χ4v) is 3.57. The Kier molecular flexibility index (Phi) is 8.84. The molecule has 3 rings (SSSR count). The lowest BCUT2D eigenvalue weighted by molar-refractivity contribution is -0.144. The lowest BCUT2D eigenvalue weighted by Crippen LogP contribution is -2.37. The van der Waals surface area contributed by atoms with E-state index in [0.717, 1.165) is 11.1 Å². The summed E-state index contributed by atoms with van der Waals surface area (Å²) in [6.07, 6.45) is 4.76. The van der Waals surface area contributed by atoms with Gasteiger partial charge in [-0.25, -0.2) is 4.79 Å². The lowest BCUT2D eigenvalue weighted by atomic mass is 9.98. The molecule has 2 aromatic rings. The standard InChI is InChI=1S/C26H27ClN2O4/c1-18-6-5-9-21(15-24(30)28-16-19-10-12-22(27)13-11-19)26(32)29-17-23(33-25(31)14-18)20-7-3-2-4-8-20/h2-8,10-14,21,23H,9,15-17H2,1H3,(H,28,30)(H,29,32)/t21-,23+/m0/s1. The molecule has 0 unspecified atom stereocenters. The van der Waals surface area contributed by atoms with Gasteiger partial charge in [-0.15, -0.1) is 0 Å². The van der Waals surface area contributed by atoms with Crippen molar-refractivity contribution < 1.29 is 19.1 Å². The van der Waals surface area contributed by atoms with Crippen LogP contribution in [0.5, 0.6) is 0 Å². The van der Waals surface area contributed by atoms with E-state index in [-0.39, 0.29) is 24.8 Å². The maximum absolute atomic E-state index is 12.9. The Hall–Kier alpha value is -3.38. The zero-order chi connectivity index (χ0) is 23.6. The van der Waals surface area contributed by atoms with Crippen molar-refractivity contribution in [2.45, 2.75) is 32.4 Å². The first-order chi connectivity index (χ1) is 15.9. The first kappa shape index (κ1) is 24.3. The molecule has 0 aliphatic carbocycles. The number of hydrogen-bond donors (Lipinski definition) is 2. The van der Waals surface area contributed by atoms with E-state index < -0.39 is 18.0 Å². The number of carbonyl (C=O) groups excluding carboxylic acids is 3. The van der Waals surface area contributed by atoms with Crippen LogP contribution in [-0.2, 0) is 25.7 Å². The zero-order valence-electron chi connectivity index (χ0n) is 18.4. The number of rotatable bonds is 5. The number of hydrogen-bond acceptors (Lipinski definition) is 4. The largest absolute Gasteiger partial charge is 0.452 e. The molecule has 6 nitrogen and oxygen atoms in total. The van der Waals surface area contributed by atoms with Crippen molar-refractivity contribution in [3.63, 3.8) is 0 Å². The summed E-state index contributed by atoms with van der Waals surface area (Å²) in [7, 11) is 0. The van der Waals surface area contributed by atoms with Crippen LogP contribution in [0.1, 0.15) is 37.0 Å². The molecule has 2 atom stereocenters. The van der Waals surface area contributed by atoms with E-state index in [2.05, 4.69) is 10.6 Å². The number of ether oxygens (including phenoxy) is 1. The van der Waals surface area contributed by atoms with Crippen LogP contribution in [-0.4, -0.2) is 24.3 Å². The molecule has 0 spiro atoms. The number of nitrogens with one attached hydrogen (secondary N) is 2. The second-order valence-electron chi connectivity index (χ2n) is 7.91. The summed E-state index contributed by atoms with van der Waals surface area (Å²) in [5, 5.41) is 6.34. The molecule has 2 aromatic carbocycles. The lowest BCUT2D eigenvalue weighted by Gasteiger charge is -2.21. The maximum Gasteiger partial charge on any atom is 0.331 e. The van der Waals surface area contributed by atoms with Gasteiger partial charge in [0.1, 0.15) is 6.10 Å². The second kappa shape index (κ2) is 12.0. The highest BCUT2D eigenvalue weighted by Crippen LogP contribution is 2.19. The third-order valence-electron chi connectivity index (χ3n) is 5.24. The summed E-state index contributed by atoms with van der Waals surface area (Å²) in [5.41, 5.74) is 2.41. The molecule has 1 aliphatic rings. The van der Waals surface area contributed by atoms with Crippen molar-refractivity contribution in [1.29, 1.82) is 0 Å². The molecule has 7 heteroatoms. The van der Waals surface area contributed by atoms with E-state index in [0.29, 0.717) is 23.6 Å². The summed E-state index contributed by atoms with van der Waals surface area (Å²) >= 11 is 5.89. The minimum atomic E-state index is -0.630. The van der Waals surface area contributed by atoms with Crippen LogP contribution in [0.4, 0.5) is 0 Å². The Morgan fingerprint density at radius 1 is 1.12 bits per heavy atom. The van der Waals surface area contributed by atoms with Gasteiger partial charge in [0.2, 0.25) is 11.8 Å². The Balaban J connectivity index is 1.69. The Morgan fingerprint density at radius 2 is 1.85 bits per heavy atom. The highest BCUT2D eigenvalue weighted by atomic mass is 35.5. The highest BCUT2D eigenvalue weighted by molar-refractivity contribution is 6.30. The van der Waals surface area contributed by atoms with E-state index >= 15 is 0 Å². The first-order valence-electron chi connectivity index (χ1n) is 10.8. The molecule has 0 aromatic heterocycles. The molecule has 33 heavy (non-hydrogen) atoms. The number of carbonyl (C=O) groups is 3. The van der Waals surface area contributed by atoms with Crippen molar-refractivity contribution >= 4 is 29.4 Å². The van der Waals surface area contributed by atoms with Gasteiger partial charge in [-0.3, -0.25) is 9.59 Å². The minimum absolute atomic E-state index is 0.0440. The molecule has 1 heterocycles. The average molecular weight is 467 g/mol. The van der Waals surface area contributed by atoms with Gasteiger partial charge >= 0.3 is 5.97 Å². The van der Waals surface area contributed by atoms with Crippen molar-refractivity contribution in [2.24, 2.45) is 5.92 Å². The summed E-state index contributed by atoms with van der Waals surface area (Å²) in [4.78, 5) is 37.8. The summed E-state index contributed by atoms with van der Waals surface area (Å²) in [5.74, 6) is -1.51. The monoisotopic (exact) mass is 466 g/mol. The third-order valence-corrected chi connectivity index (χ3v) is 5.50. The van der Waals surface area contributed by atoms with Gasteiger partial charge in [0, 0.05) is 24.1 Å². The summed E-state index contributed by atoms with van der Waals surface area (Å²) in [6.45, 7) is 2.26. The van der Waals surface area contributed by atoms with Crippen LogP contribution in [0.15, 0.2) is 78.4 Å². The molecule has 0 radical (unpaired) electrons. The van der Waals surface area contributed by atoms with Crippen molar-refractivity contribution in [1.82, 2.24) is 10.6 Å². The molecule has 2 amide bonds. The predicted molar refractivity (Wildman–Crippen MR) is 127 cm³/mol. The van der Waals surface area contributed by atoms with Gasteiger partial charge < -0.3 is 15.4 Å². The molecule has 0 fully saturated rings. The minimum Gasteiger partial charge on any atom is -0.452 e. The Morgan fingerprint density at radius 3 is 2.58 bits per heavy atom. The zero-order valence-corrected chi connectivity index (χ0v) is 19.2. The fraction of sp³-hybridized carbons (Fsp3) is 0.269. The van der Waals surface area contributed by atoms with Gasteiger partial charge in [0.05, 0.1) is 12.5 Å². The SMILES string of the molecule is CC1=CC(=O)O[C@@H](c2ccccc2)CNC(=O)[C@H](CC(=O)NCc2ccc(Cl)cc2)CC=C1. The van der Waals surface area contributed by atoms with E-state index in [1.807, 2.05) is 42.5 Å². The van der Waals surface area contributed by atoms with Gasteiger partial charge in [-0.1, -0.05) is 66.2 Å². The van der Waals surface area contributed by atoms with E-state index in [9.17, 15) is 14.4 Å². The molecular formula is C26H27ClN2O4. The van der Waals surface area contributed by atoms with Gasteiger partial charge in [-0.2, -0.15) is 0 Å². The number of amides is 2. The molecule has 0 saturated heterocycles. The fourth-order valence-electron chi connectivity index (χ4n) is 3.44. The van der Waals surface area contributed by atoms with Crippen LogP contribution in [0.2, 0.25) is 5.02 Å². The molecule has 0 bridgehead atoms. The van der Waals surface area contributed by atoms with E-state index in [1.165, 1.54) is 6.08 Å². The quantitative estimate of drug-likeness (QED) is 0.644. The smallest absolute Gasteiger partial charge is 0.331 e. The Bertz CT molecular complexity index is 1030. The normalized spacial score (nSPS) is 19.4. The van der Waals surface area contributed by atoms with Gasteiger partial charge in [0.15, 0.2) is 0 Å². The van der Waals surface area contributed by atoms with Crippen LogP contribution in [0.3, 0.4) is 0 Å². The van der Waals surface area contributed by atoms with E-state index in [4.69, 9.17) is 16.3 Å². The predicted octanol–water partition coefficient (Wildman–Crippen LogP) is 4.27. The van der Waals surface area contributed by atoms with Crippen LogP contribution >= 0.6 is 11.6 Å². The number of benzene rings is 2. The molecule has 2 N–H and O–H groups in total. The second-order valence-corrected chi connectivity index (χ2v) is 8.35. The van der Waals surface area contributed by atoms with Gasteiger partial charge in [0.25, 0.3) is 0 Å². The topological polar surface area (TPSA) is 84.5 Å². The van der Waals surface area contributed by atoms with E-state index in [1.54, 1.807) is 31.2 Å². The first-order valence-corrected chi connectivity index (χ1v) is 11.2. The summed E-state index contributed by atoms with van der Waals surface area (Å²) in [6, 6.07) is 16.5. The number of cyclic esters (lactones) is 1. The van der Waals surface area contributed by atoms with Crippen molar-refractivity contribution in [3.8, 4) is 0 Å². The highest BCUT2D eigenvalue weighted by Gasteiger charge is 2.24. The maximum atomic E-state index is 12.9. The molecule has 1 aliphatic heterocycles. The number of allylic oxidation sites excluding steroid dienone is 3. The molecular weight excluding hydrogens is 440 g/mol. The molecule has 172 valence electrons. The third kappa shape index (κ3) is 7.91. The van der Waals surface area contributed by atoms with Crippen LogP contribution < -0.4 is 10.6 Å². The summed E-state index contributed by atoms with van der Waals surface area (Å²) < 4.78 is 5.59. The van der Waals surface area contributed by atoms with Crippen molar-refractivity contribution in [3.05, 3.63) is 94.5 Å². The van der Waals surface area contributed by atoms with Crippen molar-refractivity contribution in [2.75, 3.05) is 6.54 Å². The molecule has 0 saturated carbocycles. The van der Waals surface area contributed by atoms with Crippen LogP contribution in [0, 0.1) is 5.92 Å².